The lowest BCUT2D eigenvalue weighted by molar-refractivity contribution is -0.149. The summed E-state index contributed by atoms with van der Waals surface area (Å²) in [5.74, 6) is -1.37. The molecule has 1 rings (SSSR count). The molecule has 3 N–H and O–H groups in total. The van der Waals surface area contributed by atoms with Gasteiger partial charge in [-0.25, -0.2) is 9.18 Å². The van der Waals surface area contributed by atoms with E-state index in [4.69, 9.17) is 17.3 Å². The van der Waals surface area contributed by atoms with Crippen LogP contribution in [0.4, 0.5) is 4.39 Å². The molecule has 0 saturated heterocycles. The van der Waals surface area contributed by atoms with Crippen LogP contribution in [0.2, 0.25) is 5.02 Å². The van der Waals surface area contributed by atoms with Crippen molar-refractivity contribution in [1.29, 1.82) is 0 Å². The maximum absolute atomic E-state index is 13.8. The minimum absolute atomic E-state index is 0. The monoisotopic (exact) mass is 375 g/mol. The van der Waals surface area contributed by atoms with E-state index >= 15 is 0 Å². The van der Waals surface area contributed by atoms with Gasteiger partial charge in [-0.3, -0.25) is 0 Å². The Bertz CT molecular complexity index is 462. The lowest BCUT2D eigenvalue weighted by Gasteiger charge is -2.18. The van der Waals surface area contributed by atoms with E-state index in [0.29, 0.717) is 4.47 Å². The third kappa shape index (κ3) is 4.21. The van der Waals surface area contributed by atoms with E-state index in [-0.39, 0.29) is 35.3 Å². The van der Waals surface area contributed by atoms with Crippen LogP contribution >= 0.6 is 39.9 Å². The van der Waals surface area contributed by atoms with Gasteiger partial charge < -0.3 is 15.6 Å². The van der Waals surface area contributed by atoms with E-state index in [2.05, 4.69) is 20.7 Å². The molecule has 19 heavy (non-hydrogen) atoms. The fourth-order valence-corrected chi connectivity index (χ4v) is 2.01. The highest BCUT2D eigenvalue weighted by atomic mass is 79.9. The van der Waals surface area contributed by atoms with E-state index in [9.17, 15) is 14.3 Å². The van der Waals surface area contributed by atoms with Crippen molar-refractivity contribution in [1.82, 2.24) is 0 Å². The van der Waals surface area contributed by atoms with Crippen LogP contribution in [0.1, 0.15) is 18.5 Å². The topological polar surface area (TPSA) is 72.5 Å². The first-order valence-electron chi connectivity index (χ1n) is 5.13. The van der Waals surface area contributed by atoms with Crippen LogP contribution in [0.3, 0.4) is 0 Å². The van der Waals surface area contributed by atoms with E-state index < -0.39 is 18.2 Å². The molecule has 8 heteroatoms. The average Bonchev–Trinajstić information content (AvgIpc) is 2.33. The highest BCUT2D eigenvalue weighted by molar-refractivity contribution is 9.10. The predicted molar refractivity (Wildman–Crippen MR) is 76.5 cm³/mol. The molecule has 0 aliphatic carbocycles. The summed E-state index contributed by atoms with van der Waals surface area (Å²) in [6.07, 6.45) is -2.09. The minimum Gasteiger partial charge on any atom is -0.506 e. The second-order valence-corrected chi connectivity index (χ2v) is 4.73. The van der Waals surface area contributed by atoms with Gasteiger partial charge in [0.1, 0.15) is 5.75 Å². The SMILES string of the molecule is CCOC(=O)C(F)[C@@H](N)c1c(Cl)ccc(Br)c1O.Cl. The number of phenolic OH excluding ortho intramolecular Hbond substituents is 1. The van der Waals surface area contributed by atoms with Crippen LogP contribution in [-0.2, 0) is 9.53 Å². The molecule has 0 aromatic heterocycles. The molecule has 1 unspecified atom stereocenters. The van der Waals surface area contributed by atoms with Crippen molar-refractivity contribution in [2.45, 2.75) is 19.1 Å². The number of halogens is 4. The lowest BCUT2D eigenvalue weighted by atomic mass is 10.0. The van der Waals surface area contributed by atoms with Crippen LogP contribution in [0, 0.1) is 0 Å². The van der Waals surface area contributed by atoms with Gasteiger partial charge >= 0.3 is 5.97 Å². The van der Waals surface area contributed by atoms with Gasteiger partial charge in [0.05, 0.1) is 17.1 Å². The van der Waals surface area contributed by atoms with Crippen LogP contribution < -0.4 is 5.73 Å². The van der Waals surface area contributed by atoms with Gasteiger partial charge in [0.2, 0.25) is 6.17 Å². The van der Waals surface area contributed by atoms with Crippen LogP contribution in [0.5, 0.6) is 5.75 Å². The summed E-state index contributed by atoms with van der Waals surface area (Å²) in [5, 5.41) is 9.86. The van der Waals surface area contributed by atoms with Gasteiger partial charge in [-0.15, -0.1) is 12.4 Å². The highest BCUT2D eigenvalue weighted by Crippen LogP contribution is 2.38. The van der Waals surface area contributed by atoms with Crippen molar-refractivity contribution in [2.75, 3.05) is 6.61 Å². The van der Waals surface area contributed by atoms with E-state index in [0.717, 1.165) is 0 Å². The zero-order chi connectivity index (χ0) is 13.9. The van der Waals surface area contributed by atoms with Crippen LogP contribution in [0.25, 0.3) is 0 Å². The summed E-state index contributed by atoms with van der Waals surface area (Å²) >= 11 is 8.91. The standard InChI is InChI=1S/C11H12BrClFNO3.ClH/c1-2-18-11(17)8(14)9(15)7-6(13)4-3-5(12)10(7)16;/h3-4,8-9,16H,2,15H2,1H3;1H/t8?,9-;/m0./s1. The summed E-state index contributed by atoms with van der Waals surface area (Å²) in [4.78, 5) is 11.3. The maximum Gasteiger partial charge on any atom is 0.342 e. The molecule has 0 aliphatic rings. The molecule has 0 radical (unpaired) electrons. The minimum atomic E-state index is -2.09. The average molecular weight is 377 g/mol. The largest absolute Gasteiger partial charge is 0.506 e. The smallest absolute Gasteiger partial charge is 0.342 e. The number of hydrogen-bond donors (Lipinski definition) is 2. The Labute approximate surface area is 129 Å². The number of carbonyl (C=O) groups is 1. The van der Waals surface area contributed by atoms with Crippen molar-refractivity contribution in [3.63, 3.8) is 0 Å². The van der Waals surface area contributed by atoms with Gasteiger partial charge in [0, 0.05) is 10.6 Å². The second kappa shape index (κ2) is 7.89. The summed E-state index contributed by atoms with van der Waals surface area (Å²) in [6, 6.07) is 1.54. The molecule has 0 aliphatic heterocycles. The van der Waals surface area contributed by atoms with E-state index in [1.807, 2.05) is 0 Å². The predicted octanol–water partition coefficient (Wildman–Crippen LogP) is 3.13. The summed E-state index contributed by atoms with van der Waals surface area (Å²) in [7, 11) is 0. The Kier molecular flexibility index (Phi) is 7.66. The first kappa shape index (κ1) is 18.4. The van der Waals surface area contributed by atoms with Gasteiger partial charge in [0.25, 0.3) is 0 Å². The lowest BCUT2D eigenvalue weighted by Crippen LogP contribution is -2.31. The number of hydrogen-bond acceptors (Lipinski definition) is 4. The normalized spacial score (nSPS) is 13.3. The van der Waals surface area contributed by atoms with Gasteiger partial charge in [-0.1, -0.05) is 11.6 Å². The van der Waals surface area contributed by atoms with Gasteiger partial charge in [0.15, 0.2) is 0 Å². The molecule has 0 bridgehead atoms. The van der Waals surface area contributed by atoms with Crippen molar-refractivity contribution in [3.8, 4) is 5.75 Å². The van der Waals surface area contributed by atoms with E-state index in [1.54, 1.807) is 6.92 Å². The Balaban J connectivity index is 0.00000324. The number of alkyl halides is 1. The number of ether oxygens (including phenoxy) is 1. The molecule has 4 nitrogen and oxygen atoms in total. The zero-order valence-electron chi connectivity index (χ0n) is 9.90. The first-order chi connectivity index (χ1) is 8.40. The number of esters is 1. The van der Waals surface area contributed by atoms with Crippen LogP contribution in [0.15, 0.2) is 16.6 Å². The van der Waals surface area contributed by atoms with Gasteiger partial charge in [-0.2, -0.15) is 0 Å². The fourth-order valence-electron chi connectivity index (χ4n) is 1.39. The summed E-state index contributed by atoms with van der Waals surface area (Å²) in [5.41, 5.74) is 5.56. The number of rotatable bonds is 4. The number of benzene rings is 1. The molecule has 1 aromatic carbocycles. The highest BCUT2D eigenvalue weighted by Gasteiger charge is 2.31. The van der Waals surface area contributed by atoms with Gasteiger partial charge in [-0.05, 0) is 35.0 Å². The fraction of sp³-hybridized carbons (Fsp3) is 0.364. The molecule has 0 amide bonds. The second-order valence-electron chi connectivity index (χ2n) is 3.47. The number of aromatic hydroxyl groups is 1. The number of phenols is 1. The van der Waals surface area contributed by atoms with Crippen molar-refractivity contribution in [3.05, 3.63) is 27.2 Å². The quantitative estimate of drug-likeness (QED) is 0.792. The third-order valence-corrected chi connectivity index (χ3v) is 3.24. The Morgan fingerprint density at radius 1 is 1.63 bits per heavy atom. The summed E-state index contributed by atoms with van der Waals surface area (Å²) < 4.78 is 18.6. The molecule has 0 saturated carbocycles. The molecule has 2 atom stereocenters. The summed E-state index contributed by atoms with van der Waals surface area (Å²) in [6.45, 7) is 1.60. The Morgan fingerprint density at radius 2 is 2.21 bits per heavy atom. The molecular weight excluding hydrogens is 364 g/mol. The van der Waals surface area contributed by atoms with Crippen LogP contribution in [-0.4, -0.2) is 23.9 Å². The molecule has 108 valence electrons. The molecule has 0 heterocycles. The Morgan fingerprint density at radius 3 is 2.74 bits per heavy atom. The van der Waals surface area contributed by atoms with Crippen molar-refractivity contribution >= 4 is 45.9 Å². The zero-order valence-corrected chi connectivity index (χ0v) is 13.1. The molecular formula is C11H13BrCl2FNO3. The van der Waals surface area contributed by atoms with E-state index in [1.165, 1.54) is 12.1 Å². The molecule has 0 fully saturated rings. The number of nitrogens with two attached hydrogens (primary N) is 1. The number of carbonyl (C=O) groups excluding carboxylic acids is 1. The third-order valence-electron chi connectivity index (χ3n) is 2.28. The molecule has 0 spiro atoms. The molecule has 1 aromatic rings. The van der Waals surface area contributed by atoms with Crippen molar-refractivity contribution in [2.24, 2.45) is 5.73 Å². The maximum atomic E-state index is 13.8. The first-order valence-corrected chi connectivity index (χ1v) is 6.30. The van der Waals surface area contributed by atoms with Crippen molar-refractivity contribution < 1.29 is 19.0 Å². The Hall–Kier alpha value is -0.560.